The Balaban J connectivity index is 1.90. The predicted molar refractivity (Wildman–Crippen MR) is 80.2 cm³/mol. The van der Waals surface area contributed by atoms with Gasteiger partial charge in [-0.15, -0.1) is 11.8 Å². The van der Waals surface area contributed by atoms with E-state index in [0.717, 1.165) is 4.90 Å². The minimum absolute atomic E-state index is 0.149. The molecule has 0 heterocycles. The van der Waals surface area contributed by atoms with Crippen molar-refractivity contribution in [3.63, 3.8) is 0 Å². The molecule has 2 N–H and O–H groups in total. The lowest BCUT2D eigenvalue weighted by Crippen LogP contribution is -2.25. The second-order valence-corrected chi connectivity index (χ2v) is 5.97. The molecule has 5 heteroatoms. The van der Waals surface area contributed by atoms with E-state index in [4.69, 9.17) is 17.3 Å². The van der Waals surface area contributed by atoms with E-state index in [2.05, 4.69) is 0 Å². The number of benzene rings is 2. The highest BCUT2D eigenvalue weighted by molar-refractivity contribution is 7.99. The molecule has 0 spiro atoms. The van der Waals surface area contributed by atoms with Crippen molar-refractivity contribution in [2.75, 3.05) is 5.75 Å². The van der Waals surface area contributed by atoms with Gasteiger partial charge in [0.2, 0.25) is 0 Å². The standard InChI is InChI=1S/C15H14ClF2NS/c16-15-6-3-12(18)7-10(15)8-13(19)9-20-14-4-1-11(17)2-5-14/h1-7,13H,8-9,19H2. The van der Waals surface area contributed by atoms with Gasteiger partial charge >= 0.3 is 0 Å². The van der Waals surface area contributed by atoms with Crippen molar-refractivity contribution in [3.8, 4) is 0 Å². The Morgan fingerprint density at radius 2 is 1.70 bits per heavy atom. The van der Waals surface area contributed by atoms with Gasteiger partial charge in [0, 0.05) is 21.7 Å². The maximum atomic E-state index is 13.1. The van der Waals surface area contributed by atoms with Crippen LogP contribution in [0.25, 0.3) is 0 Å². The number of halogens is 3. The quantitative estimate of drug-likeness (QED) is 0.834. The molecule has 1 nitrogen and oxygen atoms in total. The zero-order valence-corrected chi connectivity index (χ0v) is 12.2. The Hall–Kier alpha value is -1.10. The summed E-state index contributed by atoms with van der Waals surface area (Å²) < 4.78 is 25.9. The Morgan fingerprint density at radius 1 is 1.05 bits per heavy atom. The molecule has 0 aromatic heterocycles. The molecule has 0 aliphatic carbocycles. The maximum absolute atomic E-state index is 13.1. The van der Waals surface area contributed by atoms with Crippen LogP contribution in [-0.4, -0.2) is 11.8 Å². The van der Waals surface area contributed by atoms with E-state index in [1.54, 1.807) is 12.1 Å². The third-order valence-corrected chi connectivity index (χ3v) is 4.34. The molecule has 0 amide bonds. The van der Waals surface area contributed by atoms with Crippen molar-refractivity contribution in [2.45, 2.75) is 17.4 Å². The Kier molecular flexibility index (Phi) is 5.40. The summed E-state index contributed by atoms with van der Waals surface area (Å²) in [7, 11) is 0. The zero-order chi connectivity index (χ0) is 14.5. The van der Waals surface area contributed by atoms with Gasteiger partial charge in [-0.3, -0.25) is 0 Å². The number of rotatable bonds is 5. The first-order chi connectivity index (χ1) is 9.54. The minimum atomic E-state index is -0.317. The van der Waals surface area contributed by atoms with E-state index < -0.39 is 0 Å². The van der Waals surface area contributed by atoms with Gasteiger partial charge in [0.05, 0.1) is 0 Å². The Labute approximate surface area is 126 Å². The van der Waals surface area contributed by atoms with Gasteiger partial charge in [-0.25, -0.2) is 8.78 Å². The van der Waals surface area contributed by atoms with E-state index in [1.807, 2.05) is 0 Å². The van der Waals surface area contributed by atoms with Crippen LogP contribution in [0.3, 0.4) is 0 Å². The highest BCUT2D eigenvalue weighted by Gasteiger charge is 2.09. The van der Waals surface area contributed by atoms with Crippen LogP contribution < -0.4 is 5.73 Å². The van der Waals surface area contributed by atoms with Crippen LogP contribution in [0.5, 0.6) is 0 Å². The summed E-state index contributed by atoms with van der Waals surface area (Å²) in [6.07, 6.45) is 0.505. The van der Waals surface area contributed by atoms with Gasteiger partial charge in [-0.05, 0) is 54.4 Å². The molecule has 2 rings (SSSR count). The summed E-state index contributed by atoms with van der Waals surface area (Å²) in [6, 6.07) is 10.4. The molecule has 20 heavy (non-hydrogen) atoms. The van der Waals surface area contributed by atoms with Gasteiger partial charge in [0.1, 0.15) is 11.6 Å². The fourth-order valence-corrected chi connectivity index (χ4v) is 2.82. The summed E-state index contributed by atoms with van der Waals surface area (Å²) in [6.45, 7) is 0. The number of thioether (sulfide) groups is 1. The molecule has 0 aliphatic rings. The molecule has 0 saturated carbocycles. The van der Waals surface area contributed by atoms with Gasteiger partial charge in [0.15, 0.2) is 0 Å². The van der Waals surface area contributed by atoms with E-state index >= 15 is 0 Å². The number of hydrogen-bond donors (Lipinski definition) is 1. The Morgan fingerprint density at radius 3 is 2.40 bits per heavy atom. The van der Waals surface area contributed by atoms with Gasteiger partial charge in [0.25, 0.3) is 0 Å². The van der Waals surface area contributed by atoms with Crippen LogP contribution in [0.1, 0.15) is 5.56 Å². The van der Waals surface area contributed by atoms with Gasteiger partial charge < -0.3 is 5.73 Å². The van der Waals surface area contributed by atoms with Crippen molar-refractivity contribution in [1.82, 2.24) is 0 Å². The first kappa shape index (κ1) is 15.3. The summed E-state index contributed by atoms with van der Waals surface area (Å²) in [5, 5.41) is 0.522. The molecular formula is C15H14ClF2NS. The average Bonchev–Trinajstić information content (AvgIpc) is 2.42. The van der Waals surface area contributed by atoms with Crippen molar-refractivity contribution in [3.05, 3.63) is 64.7 Å². The minimum Gasteiger partial charge on any atom is -0.327 e. The molecule has 106 valence electrons. The zero-order valence-electron chi connectivity index (χ0n) is 10.7. The molecule has 0 saturated heterocycles. The van der Waals surface area contributed by atoms with E-state index in [-0.39, 0.29) is 17.7 Å². The van der Waals surface area contributed by atoms with Crippen LogP contribution in [0.4, 0.5) is 8.78 Å². The first-order valence-corrected chi connectivity index (χ1v) is 7.49. The van der Waals surface area contributed by atoms with Gasteiger partial charge in [-0.1, -0.05) is 11.6 Å². The lowest BCUT2D eigenvalue weighted by Gasteiger charge is -2.12. The molecule has 2 aromatic carbocycles. The highest BCUT2D eigenvalue weighted by atomic mass is 35.5. The second kappa shape index (κ2) is 7.07. The lowest BCUT2D eigenvalue weighted by molar-refractivity contribution is 0.623. The smallest absolute Gasteiger partial charge is 0.123 e. The lowest BCUT2D eigenvalue weighted by atomic mass is 10.1. The maximum Gasteiger partial charge on any atom is 0.123 e. The average molecular weight is 314 g/mol. The van der Waals surface area contributed by atoms with Crippen molar-refractivity contribution < 1.29 is 8.78 Å². The second-order valence-electron chi connectivity index (χ2n) is 4.46. The molecule has 0 bridgehead atoms. The van der Waals surface area contributed by atoms with E-state index in [1.165, 1.54) is 42.1 Å². The Bertz CT molecular complexity index is 575. The molecule has 2 aromatic rings. The fourth-order valence-electron chi connectivity index (χ4n) is 1.78. The van der Waals surface area contributed by atoms with E-state index in [0.29, 0.717) is 22.8 Å². The van der Waals surface area contributed by atoms with Crippen LogP contribution >= 0.6 is 23.4 Å². The molecule has 0 aliphatic heterocycles. The van der Waals surface area contributed by atoms with Gasteiger partial charge in [-0.2, -0.15) is 0 Å². The SMILES string of the molecule is NC(CSc1ccc(F)cc1)Cc1cc(F)ccc1Cl. The van der Waals surface area contributed by atoms with Crippen molar-refractivity contribution in [2.24, 2.45) is 5.73 Å². The van der Waals surface area contributed by atoms with Crippen molar-refractivity contribution >= 4 is 23.4 Å². The monoisotopic (exact) mass is 313 g/mol. The van der Waals surface area contributed by atoms with Crippen molar-refractivity contribution in [1.29, 1.82) is 0 Å². The first-order valence-electron chi connectivity index (χ1n) is 6.12. The largest absolute Gasteiger partial charge is 0.327 e. The molecular weight excluding hydrogens is 300 g/mol. The topological polar surface area (TPSA) is 26.0 Å². The molecule has 1 unspecified atom stereocenters. The summed E-state index contributed by atoms with van der Waals surface area (Å²) >= 11 is 7.54. The molecule has 1 atom stereocenters. The summed E-state index contributed by atoms with van der Waals surface area (Å²) in [4.78, 5) is 0.951. The van der Waals surface area contributed by atoms with Crippen LogP contribution in [-0.2, 0) is 6.42 Å². The third-order valence-electron chi connectivity index (χ3n) is 2.77. The van der Waals surface area contributed by atoms with E-state index in [9.17, 15) is 8.78 Å². The van der Waals surface area contributed by atoms with Crippen LogP contribution in [0, 0.1) is 11.6 Å². The molecule has 0 radical (unpaired) electrons. The highest BCUT2D eigenvalue weighted by Crippen LogP contribution is 2.22. The summed E-state index contributed by atoms with van der Waals surface area (Å²) in [5.74, 6) is 0.0753. The normalized spacial score (nSPS) is 12.4. The predicted octanol–water partition coefficient (Wildman–Crippen LogP) is 4.28. The van der Waals surface area contributed by atoms with Crippen LogP contribution in [0.2, 0.25) is 5.02 Å². The summed E-state index contributed by atoms with van der Waals surface area (Å²) in [5.41, 5.74) is 6.73. The fraction of sp³-hybridized carbons (Fsp3) is 0.200. The number of hydrogen-bond acceptors (Lipinski definition) is 2. The molecule has 0 fully saturated rings. The third kappa shape index (κ3) is 4.47. The van der Waals surface area contributed by atoms with Crippen LogP contribution in [0.15, 0.2) is 47.4 Å². The number of nitrogens with two attached hydrogens (primary N) is 1.